The fourth-order valence-electron chi connectivity index (χ4n) is 5.23. The maximum Gasteiger partial charge on any atom is 0.407 e. The number of esters is 3. The van der Waals surface area contributed by atoms with Gasteiger partial charge in [-0.3, -0.25) is 9.59 Å². The lowest BCUT2D eigenvalue weighted by Crippen LogP contribution is -2.43. The second-order valence-corrected chi connectivity index (χ2v) is 18.0. The maximum absolute atomic E-state index is 13.7. The summed E-state index contributed by atoms with van der Waals surface area (Å²) in [6.07, 6.45) is 3.70. The Hall–Kier alpha value is -3.97. The van der Waals surface area contributed by atoms with Crippen molar-refractivity contribution in [2.75, 3.05) is 13.7 Å². The third-order valence-corrected chi connectivity index (χ3v) is 8.60. The van der Waals surface area contributed by atoms with Crippen molar-refractivity contribution in [2.24, 2.45) is 11.8 Å². The van der Waals surface area contributed by atoms with E-state index in [0.717, 1.165) is 5.56 Å². The fraction of sp³-hybridized carbons (Fsp3) is 0.500. The quantitative estimate of drug-likeness (QED) is 0.0571. The monoisotopic (exact) mass is 886 g/mol. The standard InChI is InChI=1S/C42H54Cl4N2O10/c1-26(2)21-35(56-37(50)22-28(4)47-40(53)58-41(5,6)7)39(52)57-33(27(3)17-18-29-13-10-9-11-14-29)15-12-16-36(49)48-32(38(51)55-25-42(44,45)46)24-30-19-20-34(54-8)31(43)23-30/h9-14,16-20,23,26-28,32-33,35H,15,21-22,24-25H2,1-8H3,(H,47,53)(H,48,49)/t27-,28-,32-,33+,35+/m1/s1. The van der Waals surface area contributed by atoms with Gasteiger partial charge in [0, 0.05) is 24.8 Å². The normalized spacial score (nSPS) is 14.6. The minimum Gasteiger partial charge on any atom is -0.495 e. The molecule has 0 aliphatic carbocycles. The van der Waals surface area contributed by atoms with Crippen molar-refractivity contribution in [3.63, 3.8) is 0 Å². The lowest BCUT2D eigenvalue weighted by atomic mass is 9.99. The van der Waals surface area contributed by atoms with E-state index in [9.17, 15) is 24.0 Å². The number of hydrogen-bond acceptors (Lipinski definition) is 10. The number of halogens is 4. The minimum absolute atomic E-state index is 0.0185. The summed E-state index contributed by atoms with van der Waals surface area (Å²) in [7, 11) is 1.46. The lowest BCUT2D eigenvalue weighted by molar-refractivity contribution is -0.173. The van der Waals surface area contributed by atoms with Crippen molar-refractivity contribution in [1.29, 1.82) is 0 Å². The minimum atomic E-state index is -1.88. The Balaban J connectivity index is 2.27. The average molecular weight is 889 g/mol. The topological polar surface area (TPSA) is 156 Å². The largest absolute Gasteiger partial charge is 0.495 e. The highest BCUT2D eigenvalue weighted by Crippen LogP contribution is 2.28. The molecule has 2 aromatic rings. The molecule has 0 heterocycles. The molecule has 0 bridgehead atoms. The van der Waals surface area contributed by atoms with Gasteiger partial charge in [0.2, 0.25) is 9.70 Å². The number of ether oxygens (including phenoxy) is 5. The van der Waals surface area contributed by atoms with Crippen LogP contribution in [0.4, 0.5) is 4.79 Å². The van der Waals surface area contributed by atoms with Crippen molar-refractivity contribution in [3.8, 4) is 5.75 Å². The molecule has 0 spiro atoms. The van der Waals surface area contributed by atoms with Crippen molar-refractivity contribution < 1.29 is 47.7 Å². The number of alkyl carbamates (subject to hydrolysis) is 1. The number of carbonyl (C=O) groups is 5. The van der Waals surface area contributed by atoms with Crippen LogP contribution >= 0.6 is 46.4 Å². The van der Waals surface area contributed by atoms with Crippen LogP contribution in [0.3, 0.4) is 0 Å². The Morgan fingerprint density at radius 1 is 0.879 bits per heavy atom. The molecule has 0 saturated heterocycles. The molecule has 5 atom stereocenters. The predicted octanol–water partition coefficient (Wildman–Crippen LogP) is 8.76. The molecule has 2 rings (SSSR count). The summed E-state index contributed by atoms with van der Waals surface area (Å²) in [4.78, 5) is 65.2. The van der Waals surface area contributed by atoms with E-state index in [2.05, 4.69) is 10.6 Å². The number of rotatable bonds is 20. The van der Waals surface area contributed by atoms with Crippen LogP contribution in [-0.2, 0) is 44.5 Å². The zero-order valence-electron chi connectivity index (χ0n) is 34.0. The Kier molecular flexibility index (Phi) is 20.9. The van der Waals surface area contributed by atoms with Crippen molar-refractivity contribution in [2.45, 2.75) is 108 Å². The number of amides is 2. The molecule has 12 nitrogen and oxygen atoms in total. The number of benzene rings is 2. The highest BCUT2D eigenvalue weighted by Gasteiger charge is 2.31. The number of nitrogens with one attached hydrogen (secondary N) is 2. The fourth-order valence-corrected chi connectivity index (χ4v) is 5.68. The second kappa shape index (κ2) is 24.2. The molecular weight excluding hydrogens is 834 g/mol. The van der Waals surface area contributed by atoms with E-state index in [-0.39, 0.29) is 37.5 Å². The summed E-state index contributed by atoms with van der Waals surface area (Å²) >= 11 is 23.6. The van der Waals surface area contributed by atoms with Crippen LogP contribution in [0.1, 0.15) is 78.9 Å². The summed E-state index contributed by atoms with van der Waals surface area (Å²) in [5.41, 5.74) is 0.778. The first kappa shape index (κ1) is 50.2. The molecule has 2 aromatic carbocycles. The molecular formula is C42H54Cl4N2O10. The van der Waals surface area contributed by atoms with Crippen LogP contribution < -0.4 is 15.4 Å². The van der Waals surface area contributed by atoms with Gasteiger partial charge in [-0.25, -0.2) is 14.4 Å². The van der Waals surface area contributed by atoms with Crippen LogP contribution in [-0.4, -0.2) is 77.3 Å². The molecule has 0 aliphatic rings. The van der Waals surface area contributed by atoms with E-state index < -0.39 is 70.2 Å². The SMILES string of the molecule is COc1ccc(C[C@@H](NC(=O)C=CC[C@H](OC(=O)[C@H](CC(C)C)OC(=O)C[C@@H](C)NC(=O)OC(C)(C)C)[C@H](C)C=Cc2ccccc2)C(=O)OCC(Cl)(Cl)Cl)cc1Cl. The van der Waals surface area contributed by atoms with Gasteiger partial charge in [0.25, 0.3) is 0 Å². The van der Waals surface area contributed by atoms with Crippen LogP contribution in [0.5, 0.6) is 5.75 Å². The molecule has 2 amide bonds. The van der Waals surface area contributed by atoms with Crippen LogP contribution in [0, 0.1) is 11.8 Å². The molecule has 16 heteroatoms. The summed E-state index contributed by atoms with van der Waals surface area (Å²) in [6.45, 7) is 11.8. The Labute approximate surface area is 361 Å². The van der Waals surface area contributed by atoms with Gasteiger partial charge in [-0.2, -0.15) is 0 Å². The van der Waals surface area contributed by atoms with E-state index in [1.165, 1.54) is 19.3 Å². The van der Waals surface area contributed by atoms with Gasteiger partial charge in [0.15, 0.2) is 6.10 Å². The number of hydrogen-bond donors (Lipinski definition) is 2. The molecule has 0 fully saturated rings. The van der Waals surface area contributed by atoms with Gasteiger partial charge in [-0.15, -0.1) is 0 Å². The molecule has 0 unspecified atom stereocenters. The smallest absolute Gasteiger partial charge is 0.407 e. The van der Waals surface area contributed by atoms with Crippen molar-refractivity contribution in [1.82, 2.24) is 10.6 Å². The number of methoxy groups -OCH3 is 1. The van der Waals surface area contributed by atoms with Gasteiger partial charge in [0.1, 0.15) is 30.1 Å². The first-order valence-electron chi connectivity index (χ1n) is 18.7. The van der Waals surface area contributed by atoms with Crippen molar-refractivity contribution in [3.05, 3.63) is 82.9 Å². The summed E-state index contributed by atoms with van der Waals surface area (Å²) in [6, 6.07) is 12.5. The zero-order chi connectivity index (χ0) is 43.6. The molecule has 0 aliphatic heterocycles. The highest BCUT2D eigenvalue weighted by molar-refractivity contribution is 6.67. The third-order valence-electron chi connectivity index (χ3n) is 7.98. The van der Waals surface area contributed by atoms with E-state index in [0.29, 0.717) is 16.3 Å². The van der Waals surface area contributed by atoms with Crippen LogP contribution in [0.15, 0.2) is 66.8 Å². The Morgan fingerprint density at radius 3 is 2.14 bits per heavy atom. The summed E-state index contributed by atoms with van der Waals surface area (Å²) in [5, 5.41) is 5.51. The molecule has 320 valence electrons. The van der Waals surface area contributed by atoms with Crippen LogP contribution in [0.25, 0.3) is 6.08 Å². The summed E-state index contributed by atoms with van der Waals surface area (Å²) < 4.78 is 25.4. The first-order valence-corrected chi connectivity index (χ1v) is 20.2. The van der Waals surface area contributed by atoms with E-state index in [4.69, 9.17) is 70.1 Å². The first-order chi connectivity index (χ1) is 27.0. The van der Waals surface area contributed by atoms with E-state index in [1.807, 2.05) is 63.3 Å². The average Bonchev–Trinajstić information content (AvgIpc) is 3.10. The van der Waals surface area contributed by atoms with Crippen molar-refractivity contribution >= 4 is 82.4 Å². The Morgan fingerprint density at radius 2 is 1.55 bits per heavy atom. The Bertz CT molecular complexity index is 1720. The van der Waals surface area contributed by atoms with Gasteiger partial charge in [0.05, 0.1) is 18.6 Å². The van der Waals surface area contributed by atoms with Gasteiger partial charge < -0.3 is 34.3 Å². The van der Waals surface area contributed by atoms with Gasteiger partial charge in [-0.05, 0) is 69.4 Å². The van der Waals surface area contributed by atoms with Gasteiger partial charge >= 0.3 is 24.0 Å². The maximum atomic E-state index is 13.7. The number of alkyl halides is 3. The second-order valence-electron chi connectivity index (χ2n) is 15.1. The number of carbonyl (C=O) groups excluding carboxylic acids is 5. The molecule has 58 heavy (non-hydrogen) atoms. The molecule has 0 aromatic heterocycles. The van der Waals surface area contributed by atoms with Gasteiger partial charge in [-0.1, -0.05) is 122 Å². The zero-order valence-corrected chi connectivity index (χ0v) is 37.0. The predicted molar refractivity (Wildman–Crippen MR) is 226 cm³/mol. The molecule has 2 N–H and O–H groups in total. The summed E-state index contributed by atoms with van der Waals surface area (Å²) in [5.74, 6) is -3.01. The van der Waals surface area contributed by atoms with E-state index >= 15 is 0 Å². The highest BCUT2D eigenvalue weighted by atomic mass is 35.6. The third kappa shape index (κ3) is 20.6. The van der Waals surface area contributed by atoms with Crippen LogP contribution in [0.2, 0.25) is 5.02 Å². The lowest BCUT2D eigenvalue weighted by Gasteiger charge is -2.25. The molecule has 0 radical (unpaired) electrons. The molecule has 0 saturated carbocycles. The van der Waals surface area contributed by atoms with E-state index in [1.54, 1.807) is 45.9 Å².